The Labute approximate surface area is 140 Å². The molecule has 0 radical (unpaired) electrons. The Hall–Kier alpha value is -2.76. The number of hydrogen-bond donors (Lipinski definition) is 1. The Morgan fingerprint density at radius 3 is 2.29 bits per heavy atom. The van der Waals surface area contributed by atoms with E-state index in [-0.39, 0.29) is 17.3 Å². The first-order valence-corrected chi connectivity index (χ1v) is 8.02. The number of carbonyl (C=O) groups is 2. The SMILES string of the molecule is O=C(O)c1nccnc1C(=O)N1CCC(Cc2ccccc2)CC1. The highest BCUT2D eigenvalue weighted by atomic mass is 16.4. The maximum atomic E-state index is 12.6. The lowest BCUT2D eigenvalue weighted by Gasteiger charge is -2.32. The summed E-state index contributed by atoms with van der Waals surface area (Å²) in [5.74, 6) is -1.04. The van der Waals surface area contributed by atoms with E-state index in [1.165, 1.54) is 18.0 Å². The van der Waals surface area contributed by atoms with Gasteiger partial charge in [0, 0.05) is 25.5 Å². The van der Waals surface area contributed by atoms with Crippen LogP contribution in [0.1, 0.15) is 39.4 Å². The minimum atomic E-state index is -1.23. The Morgan fingerprint density at radius 2 is 1.67 bits per heavy atom. The third kappa shape index (κ3) is 3.59. The topological polar surface area (TPSA) is 83.4 Å². The molecule has 0 unspecified atom stereocenters. The molecule has 1 aliphatic rings. The van der Waals surface area contributed by atoms with Gasteiger partial charge in [-0.1, -0.05) is 30.3 Å². The fourth-order valence-corrected chi connectivity index (χ4v) is 3.09. The van der Waals surface area contributed by atoms with Crippen LogP contribution in [0.3, 0.4) is 0 Å². The molecule has 24 heavy (non-hydrogen) atoms. The number of carbonyl (C=O) groups excluding carboxylic acids is 1. The molecular weight excluding hydrogens is 306 g/mol. The predicted octanol–water partition coefficient (Wildman–Crippen LogP) is 2.27. The van der Waals surface area contributed by atoms with Gasteiger partial charge < -0.3 is 10.0 Å². The van der Waals surface area contributed by atoms with E-state index in [0.717, 1.165) is 19.3 Å². The van der Waals surface area contributed by atoms with Crippen molar-refractivity contribution in [3.63, 3.8) is 0 Å². The lowest BCUT2D eigenvalue weighted by molar-refractivity contribution is 0.0641. The molecule has 0 aliphatic carbocycles. The molecule has 1 saturated heterocycles. The van der Waals surface area contributed by atoms with E-state index < -0.39 is 5.97 Å². The number of carboxylic acid groups (broad SMARTS) is 1. The number of amides is 1. The van der Waals surface area contributed by atoms with Gasteiger partial charge in [-0.15, -0.1) is 0 Å². The Bertz CT molecular complexity index is 725. The van der Waals surface area contributed by atoms with E-state index in [4.69, 9.17) is 5.11 Å². The van der Waals surface area contributed by atoms with Gasteiger partial charge in [-0.3, -0.25) is 4.79 Å². The van der Waals surface area contributed by atoms with Crippen LogP contribution in [0, 0.1) is 5.92 Å². The van der Waals surface area contributed by atoms with Crippen LogP contribution in [0.15, 0.2) is 42.7 Å². The van der Waals surface area contributed by atoms with Crippen molar-refractivity contribution in [2.24, 2.45) is 5.92 Å². The van der Waals surface area contributed by atoms with Gasteiger partial charge >= 0.3 is 5.97 Å². The van der Waals surface area contributed by atoms with Gasteiger partial charge in [0.15, 0.2) is 11.4 Å². The maximum absolute atomic E-state index is 12.6. The van der Waals surface area contributed by atoms with E-state index in [9.17, 15) is 9.59 Å². The molecule has 1 aromatic carbocycles. The van der Waals surface area contributed by atoms with E-state index in [1.807, 2.05) is 18.2 Å². The van der Waals surface area contributed by atoms with Crippen LogP contribution in [0.4, 0.5) is 0 Å². The lowest BCUT2D eigenvalue weighted by atomic mass is 9.90. The van der Waals surface area contributed by atoms with Crippen LogP contribution in [0.2, 0.25) is 0 Å². The average Bonchev–Trinajstić information content (AvgIpc) is 2.62. The summed E-state index contributed by atoms with van der Waals surface area (Å²) in [5.41, 5.74) is 0.949. The number of benzene rings is 1. The average molecular weight is 325 g/mol. The molecule has 0 bridgehead atoms. The zero-order chi connectivity index (χ0) is 16.9. The molecule has 6 heteroatoms. The summed E-state index contributed by atoms with van der Waals surface area (Å²) in [4.78, 5) is 33.1. The zero-order valence-electron chi connectivity index (χ0n) is 13.3. The molecule has 1 fully saturated rings. The molecule has 1 aliphatic heterocycles. The smallest absolute Gasteiger partial charge is 0.356 e. The van der Waals surface area contributed by atoms with E-state index in [2.05, 4.69) is 22.1 Å². The van der Waals surface area contributed by atoms with E-state index in [0.29, 0.717) is 19.0 Å². The van der Waals surface area contributed by atoms with Crippen LogP contribution < -0.4 is 0 Å². The Kier molecular flexibility index (Phi) is 4.84. The monoisotopic (exact) mass is 325 g/mol. The molecule has 1 aromatic heterocycles. The summed E-state index contributed by atoms with van der Waals surface area (Å²) >= 11 is 0. The number of likely N-dealkylation sites (tertiary alicyclic amines) is 1. The lowest BCUT2D eigenvalue weighted by Crippen LogP contribution is -2.40. The minimum Gasteiger partial charge on any atom is -0.476 e. The highest BCUT2D eigenvalue weighted by molar-refractivity contribution is 6.01. The highest BCUT2D eigenvalue weighted by Crippen LogP contribution is 2.23. The Morgan fingerprint density at radius 1 is 1.04 bits per heavy atom. The van der Waals surface area contributed by atoms with Crippen LogP contribution in [-0.4, -0.2) is 44.9 Å². The third-order valence-electron chi connectivity index (χ3n) is 4.37. The summed E-state index contributed by atoms with van der Waals surface area (Å²) in [6.45, 7) is 1.23. The maximum Gasteiger partial charge on any atom is 0.356 e. The molecular formula is C18H19N3O3. The van der Waals surface area contributed by atoms with Crippen LogP contribution in [0.5, 0.6) is 0 Å². The normalized spacial score (nSPS) is 15.2. The van der Waals surface area contributed by atoms with Gasteiger partial charge in [0.2, 0.25) is 0 Å². The summed E-state index contributed by atoms with van der Waals surface area (Å²) in [7, 11) is 0. The van der Waals surface area contributed by atoms with Crippen LogP contribution in [-0.2, 0) is 6.42 Å². The van der Waals surface area contributed by atoms with Crippen molar-refractivity contribution in [3.8, 4) is 0 Å². The van der Waals surface area contributed by atoms with Gasteiger partial charge in [0.05, 0.1) is 0 Å². The van der Waals surface area contributed by atoms with Crippen molar-refractivity contribution in [3.05, 3.63) is 59.7 Å². The number of piperidine rings is 1. The second kappa shape index (κ2) is 7.21. The van der Waals surface area contributed by atoms with Crippen molar-refractivity contribution in [1.29, 1.82) is 0 Å². The zero-order valence-corrected chi connectivity index (χ0v) is 13.3. The van der Waals surface area contributed by atoms with Crippen molar-refractivity contribution >= 4 is 11.9 Å². The second-order valence-electron chi connectivity index (χ2n) is 5.98. The van der Waals surface area contributed by atoms with Crippen LogP contribution >= 0.6 is 0 Å². The number of carboxylic acids is 1. The molecule has 1 N–H and O–H groups in total. The summed E-state index contributed by atoms with van der Waals surface area (Å²) in [6, 6.07) is 10.3. The second-order valence-corrected chi connectivity index (χ2v) is 5.98. The first-order chi connectivity index (χ1) is 11.6. The molecule has 0 atom stereocenters. The van der Waals surface area contributed by atoms with Crippen molar-refractivity contribution in [1.82, 2.24) is 14.9 Å². The molecule has 0 spiro atoms. The number of aromatic nitrogens is 2. The largest absolute Gasteiger partial charge is 0.476 e. The first kappa shape index (κ1) is 16.1. The van der Waals surface area contributed by atoms with Gasteiger partial charge in [-0.25, -0.2) is 14.8 Å². The molecule has 3 rings (SSSR count). The molecule has 124 valence electrons. The van der Waals surface area contributed by atoms with Crippen molar-refractivity contribution in [2.75, 3.05) is 13.1 Å². The molecule has 2 heterocycles. The quantitative estimate of drug-likeness (QED) is 0.932. The van der Waals surface area contributed by atoms with E-state index >= 15 is 0 Å². The third-order valence-corrected chi connectivity index (χ3v) is 4.37. The number of hydrogen-bond acceptors (Lipinski definition) is 4. The summed E-state index contributed by atoms with van der Waals surface area (Å²) in [6.07, 6.45) is 5.45. The Balaban J connectivity index is 1.62. The fourth-order valence-electron chi connectivity index (χ4n) is 3.09. The summed E-state index contributed by atoms with van der Waals surface area (Å²) in [5, 5.41) is 9.15. The minimum absolute atomic E-state index is 0.0773. The van der Waals surface area contributed by atoms with Crippen molar-refractivity contribution in [2.45, 2.75) is 19.3 Å². The number of rotatable bonds is 4. The number of nitrogens with zero attached hydrogens (tertiary/aromatic N) is 3. The van der Waals surface area contributed by atoms with Gasteiger partial charge in [0.25, 0.3) is 5.91 Å². The van der Waals surface area contributed by atoms with Crippen LogP contribution in [0.25, 0.3) is 0 Å². The van der Waals surface area contributed by atoms with Gasteiger partial charge in [-0.05, 0) is 30.7 Å². The van der Waals surface area contributed by atoms with Gasteiger partial charge in [0.1, 0.15) is 0 Å². The van der Waals surface area contributed by atoms with Crippen molar-refractivity contribution < 1.29 is 14.7 Å². The molecule has 2 aromatic rings. The fraction of sp³-hybridized carbons (Fsp3) is 0.333. The standard InChI is InChI=1S/C18H19N3O3/c22-17(15-16(18(23)24)20-9-8-19-15)21-10-6-14(7-11-21)12-13-4-2-1-3-5-13/h1-5,8-9,14H,6-7,10-12H2,(H,23,24). The highest BCUT2D eigenvalue weighted by Gasteiger charge is 2.28. The first-order valence-electron chi connectivity index (χ1n) is 8.02. The van der Waals surface area contributed by atoms with Gasteiger partial charge in [-0.2, -0.15) is 0 Å². The number of aromatic carboxylic acids is 1. The molecule has 0 saturated carbocycles. The summed E-state index contributed by atoms with van der Waals surface area (Å²) < 4.78 is 0. The molecule has 1 amide bonds. The predicted molar refractivity (Wildman–Crippen MR) is 87.8 cm³/mol. The molecule has 6 nitrogen and oxygen atoms in total. The van der Waals surface area contributed by atoms with E-state index in [1.54, 1.807) is 4.90 Å².